The zero-order valence-electron chi connectivity index (χ0n) is 33.8. The molecular weight excluding hydrogens is 636 g/mol. The van der Waals surface area contributed by atoms with Crippen LogP contribution in [0.2, 0.25) is 0 Å². The number of fused-ring (bicyclic) bond motifs is 7. The molecule has 0 radical (unpaired) electrons. The summed E-state index contributed by atoms with van der Waals surface area (Å²) in [7, 11) is 2.18. The number of rotatable bonds is 9. The third kappa shape index (κ3) is 6.64. The van der Waals surface area contributed by atoms with Crippen molar-refractivity contribution in [1.29, 1.82) is 0 Å². The molecule has 1 amide bonds. The summed E-state index contributed by atoms with van der Waals surface area (Å²) in [5.74, 6) is 1.86. The topological polar surface area (TPSA) is 95.9 Å². The van der Waals surface area contributed by atoms with Crippen LogP contribution in [0.25, 0.3) is 0 Å². The van der Waals surface area contributed by atoms with E-state index in [4.69, 9.17) is 4.74 Å². The van der Waals surface area contributed by atoms with E-state index in [1.807, 2.05) is 13.8 Å². The first-order valence-electron chi connectivity index (χ1n) is 20.7. The molecule has 0 aromatic carbocycles. The Morgan fingerprint density at radius 2 is 1.53 bits per heavy atom. The van der Waals surface area contributed by atoms with Gasteiger partial charge in [-0.2, -0.15) is 0 Å². The van der Waals surface area contributed by atoms with Crippen molar-refractivity contribution in [2.75, 3.05) is 20.1 Å². The summed E-state index contributed by atoms with van der Waals surface area (Å²) in [4.78, 5) is 40.9. The van der Waals surface area contributed by atoms with Gasteiger partial charge in [-0.1, -0.05) is 60.6 Å². The Labute approximate surface area is 309 Å². The molecule has 7 nitrogen and oxygen atoms in total. The molecule has 1 aliphatic heterocycles. The Kier molecular flexibility index (Phi) is 10.2. The number of carbonyl (C=O) groups is 3. The largest absolute Gasteiger partial charge is 0.481 e. The second kappa shape index (κ2) is 13.4. The number of aliphatic carboxylic acids is 1. The minimum Gasteiger partial charge on any atom is -0.481 e. The zero-order valence-corrected chi connectivity index (χ0v) is 33.8. The van der Waals surface area contributed by atoms with E-state index >= 15 is 0 Å². The first-order valence-corrected chi connectivity index (χ1v) is 20.7. The van der Waals surface area contributed by atoms with Gasteiger partial charge in [0.2, 0.25) is 5.91 Å². The van der Waals surface area contributed by atoms with Crippen molar-refractivity contribution in [1.82, 2.24) is 10.2 Å². The number of carbonyl (C=O) groups excluding carboxylic acids is 2. The summed E-state index contributed by atoms with van der Waals surface area (Å²) in [6.45, 7) is 25.2. The second-order valence-electron chi connectivity index (χ2n) is 21.1. The molecule has 51 heavy (non-hydrogen) atoms. The molecule has 10 atom stereocenters. The number of amides is 1. The Morgan fingerprint density at radius 3 is 2.18 bits per heavy atom. The smallest absolute Gasteiger partial charge is 0.306 e. The number of likely N-dealkylation sites (tertiary alicyclic amines) is 1. The molecule has 0 aromatic rings. The molecule has 6 aliphatic rings. The molecule has 0 spiro atoms. The maximum Gasteiger partial charge on any atom is 0.306 e. The van der Waals surface area contributed by atoms with Crippen molar-refractivity contribution in [3.05, 3.63) is 12.2 Å². The van der Waals surface area contributed by atoms with E-state index in [9.17, 15) is 19.5 Å². The zero-order chi connectivity index (χ0) is 37.4. The maximum atomic E-state index is 13.9. The molecule has 288 valence electrons. The number of hydrogen-bond donors (Lipinski definition) is 2. The highest BCUT2D eigenvalue weighted by molar-refractivity contribution is 5.77. The minimum absolute atomic E-state index is 0.0440. The van der Waals surface area contributed by atoms with E-state index in [2.05, 4.69) is 65.4 Å². The van der Waals surface area contributed by atoms with Crippen LogP contribution in [0.3, 0.4) is 0 Å². The van der Waals surface area contributed by atoms with Gasteiger partial charge in [-0.3, -0.25) is 14.4 Å². The predicted molar refractivity (Wildman–Crippen MR) is 203 cm³/mol. The fourth-order valence-corrected chi connectivity index (χ4v) is 14.6. The molecule has 4 unspecified atom stereocenters. The molecule has 6 fully saturated rings. The Hall–Kier alpha value is -1.89. The van der Waals surface area contributed by atoms with Crippen LogP contribution in [0.15, 0.2) is 12.2 Å². The maximum absolute atomic E-state index is 13.9. The Bertz CT molecular complexity index is 1380. The summed E-state index contributed by atoms with van der Waals surface area (Å²) < 4.78 is 6.29. The van der Waals surface area contributed by atoms with Crippen molar-refractivity contribution >= 4 is 17.8 Å². The average molecular weight is 709 g/mol. The molecule has 0 bridgehead atoms. The molecule has 7 heteroatoms. The molecule has 5 saturated carbocycles. The summed E-state index contributed by atoms with van der Waals surface area (Å²) in [5, 5.41) is 12.9. The minimum atomic E-state index is -0.879. The number of piperidine rings is 1. The van der Waals surface area contributed by atoms with Crippen LogP contribution in [-0.2, 0) is 19.1 Å². The van der Waals surface area contributed by atoms with E-state index < -0.39 is 11.4 Å². The average Bonchev–Trinajstić information content (AvgIpc) is 3.38. The molecule has 1 heterocycles. The van der Waals surface area contributed by atoms with Crippen molar-refractivity contribution in [3.8, 4) is 0 Å². The van der Waals surface area contributed by atoms with Gasteiger partial charge in [0.15, 0.2) is 0 Å². The first kappa shape index (κ1) is 38.8. The number of hydrogen-bond acceptors (Lipinski definition) is 5. The van der Waals surface area contributed by atoms with Crippen LogP contribution >= 0.6 is 0 Å². The Morgan fingerprint density at radius 1 is 0.843 bits per heavy atom. The van der Waals surface area contributed by atoms with Gasteiger partial charge in [0.1, 0.15) is 6.10 Å². The second-order valence-corrected chi connectivity index (χ2v) is 21.1. The number of esters is 1. The van der Waals surface area contributed by atoms with E-state index in [0.29, 0.717) is 48.0 Å². The number of nitrogens with one attached hydrogen (secondary N) is 1. The van der Waals surface area contributed by atoms with Gasteiger partial charge < -0.3 is 20.1 Å². The van der Waals surface area contributed by atoms with E-state index in [0.717, 1.165) is 58.0 Å². The van der Waals surface area contributed by atoms with Gasteiger partial charge in [0.25, 0.3) is 0 Å². The number of nitrogens with zero attached hydrogens (tertiary/aromatic N) is 1. The highest BCUT2D eigenvalue weighted by Gasteiger charge is 2.71. The lowest BCUT2D eigenvalue weighted by Gasteiger charge is -2.73. The molecule has 6 rings (SSSR count). The van der Waals surface area contributed by atoms with Crippen molar-refractivity contribution < 1.29 is 24.2 Å². The lowest BCUT2D eigenvalue weighted by atomic mass is 9.32. The van der Waals surface area contributed by atoms with Crippen molar-refractivity contribution in [2.45, 2.75) is 164 Å². The highest BCUT2D eigenvalue weighted by Crippen LogP contribution is 2.78. The molecule has 5 aliphatic carbocycles. The van der Waals surface area contributed by atoms with Gasteiger partial charge in [0, 0.05) is 17.9 Å². The Balaban J connectivity index is 1.21. The van der Waals surface area contributed by atoms with E-state index in [-0.39, 0.29) is 52.0 Å². The number of ether oxygens (including phenoxy) is 1. The van der Waals surface area contributed by atoms with E-state index in [1.165, 1.54) is 37.7 Å². The first-order chi connectivity index (χ1) is 23.7. The summed E-state index contributed by atoms with van der Waals surface area (Å²) in [6, 6.07) is 0.313. The number of carboxylic acids is 1. The SMILES string of the molecule is C=C(C)[C@@H]1CC[C@]2(CC(=O)NC3CCN(C)CC3)CC[C@]3(C)[C@H](CCC4[C@@]5(C)CCC(OC(=O)CC(C)(C)CC(=O)O)C(C)(C)C5CC[C@]43C)C12. The van der Waals surface area contributed by atoms with Crippen LogP contribution < -0.4 is 5.32 Å². The number of carboxylic acid groups (broad SMARTS) is 1. The van der Waals surface area contributed by atoms with Crippen LogP contribution in [0.5, 0.6) is 0 Å². The fourth-order valence-electron chi connectivity index (χ4n) is 14.6. The van der Waals surface area contributed by atoms with Crippen LogP contribution in [0.4, 0.5) is 0 Å². The standard InChI is InChI=1S/C44H72N2O5/c1-28(2)30-13-20-44(25-35(47)45-29-16-23-46(10)24-17-29)22-21-42(8)31(38(30)44)11-12-33-41(7)18-15-34(40(5,6)32(41)14-19-43(33,42)9)51-37(50)27-39(3,4)26-36(48)49/h29-34,38H,1,11-27H2,2-10H3,(H,45,47)(H,48,49)/t30-,31+,32?,33?,34?,38?,41-,42+,43+,44+/m0/s1. The summed E-state index contributed by atoms with van der Waals surface area (Å²) in [6.07, 6.45) is 14.2. The number of allylic oxidation sites excluding steroid dienone is 1. The summed E-state index contributed by atoms with van der Waals surface area (Å²) in [5.41, 5.74) is 1.21. The van der Waals surface area contributed by atoms with E-state index in [1.54, 1.807) is 0 Å². The normalized spacial score (nSPS) is 42.5. The molecule has 2 N–H and O–H groups in total. The molecular formula is C44H72N2O5. The lowest BCUT2D eigenvalue weighted by molar-refractivity contribution is -0.250. The van der Waals surface area contributed by atoms with Gasteiger partial charge >= 0.3 is 11.9 Å². The third-order valence-corrected chi connectivity index (χ3v) is 17.3. The highest BCUT2D eigenvalue weighted by atomic mass is 16.5. The van der Waals surface area contributed by atoms with Crippen LogP contribution in [0.1, 0.15) is 152 Å². The predicted octanol–water partition coefficient (Wildman–Crippen LogP) is 9.05. The summed E-state index contributed by atoms with van der Waals surface area (Å²) >= 11 is 0. The van der Waals surface area contributed by atoms with Gasteiger partial charge in [-0.05, 0) is 161 Å². The lowest BCUT2D eigenvalue weighted by Crippen LogP contribution is -2.67. The van der Waals surface area contributed by atoms with Crippen molar-refractivity contribution in [3.63, 3.8) is 0 Å². The fraction of sp³-hybridized carbons (Fsp3) is 0.886. The molecule has 0 aromatic heterocycles. The van der Waals surface area contributed by atoms with Crippen LogP contribution in [-0.4, -0.2) is 60.1 Å². The van der Waals surface area contributed by atoms with Crippen LogP contribution in [0, 0.1) is 62.1 Å². The van der Waals surface area contributed by atoms with Crippen molar-refractivity contribution in [2.24, 2.45) is 62.1 Å². The van der Waals surface area contributed by atoms with Gasteiger partial charge in [-0.25, -0.2) is 0 Å². The third-order valence-electron chi connectivity index (χ3n) is 17.3. The molecule has 1 saturated heterocycles. The van der Waals surface area contributed by atoms with Gasteiger partial charge in [-0.15, -0.1) is 0 Å². The van der Waals surface area contributed by atoms with Gasteiger partial charge in [0.05, 0.1) is 12.8 Å². The quantitative estimate of drug-likeness (QED) is 0.183. The monoisotopic (exact) mass is 709 g/mol.